The monoisotopic (exact) mass is 744 g/mol. The molecule has 1 heterocycles. The summed E-state index contributed by atoms with van der Waals surface area (Å²) in [6.07, 6.45) is 0.941. The first-order valence-electron chi connectivity index (χ1n) is 20.5. The van der Waals surface area contributed by atoms with Gasteiger partial charge in [0.25, 0.3) is 0 Å². The van der Waals surface area contributed by atoms with Crippen LogP contribution in [0.4, 0.5) is 28.4 Å². The summed E-state index contributed by atoms with van der Waals surface area (Å²) in [6.45, 7) is 7.17. The van der Waals surface area contributed by atoms with Crippen LogP contribution in [-0.2, 0) is 17.3 Å². The van der Waals surface area contributed by atoms with Crippen LogP contribution in [0.25, 0.3) is 27.8 Å². The highest BCUT2D eigenvalue weighted by Crippen LogP contribution is 2.59. The summed E-state index contributed by atoms with van der Waals surface area (Å²) in [5.74, 6) is 0. The lowest BCUT2D eigenvalue weighted by Gasteiger charge is -2.38. The number of allylic oxidation sites excluding steroid dienone is 1. The van der Waals surface area contributed by atoms with E-state index in [0.717, 1.165) is 23.5 Å². The van der Waals surface area contributed by atoms with Crippen LogP contribution in [0.2, 0.25) is 0 Å². The standard InChI is InChI=1S/C56H44N2/c1-55(2)49-23-13-12-22-47(49)48-35-34-45(36-51(48)55)57(42-19-8-5-9-20-42)43-32-28-40(29-33-43)53-46-21-11-10-18-41(46)37-56(3)50-24-14-15-25-52(50)58(54(53)56)44-30-26-39(27-31-44)38-16-6-4-7-17-38/h4-36H,37H2,1-3H3. The van der Waals surface area contributed by atoms with Crippen LogP contribution in [0, 0.1) is 0 Å². The zero-order valence-electron chi connectivity index (χ0n) is 33.2. The van der Waals surface area contributed by atoms with Gasteiger partial charge in [0.2, 0.25) is 0 Å². The molecule has 0 saturated heterocycles. The quantitative estimate of drug-likeness (QED) is 0.167. The van der Waals surface area contributed by atoms with Gasteiger partial charge >= 0.3 is 0 Å². The van der Waals surface area contributed by atoms with Gasteiger partial charge in [0.05, 0.1) is 5.69 Å². The molecule has 2 aliphatic carbocycles. The Morgan fingerprint density at radius 1 is 0.431 bits per heavy atom. The molecule has 0 radical (unpaired) electrons. The summed E-state index contributed by atoms with van der Waals surface area (Å²) >= 11 is 0. The second kappa shape index (κ2) is 13.1. The lowest BCUT2D eigenvalue weighted by atomic mass is 9.68. The molecule has 3 aliphatic rings. The van der Waals surface area contributed by atoms with Gasteiger partial charge < -0.3 is 9.80 Å². The fraction of sp³-hybridized carbons (Fsp3) is 0.107. The van der Waals surface area contributed by atoms with Crippen LogP contribution >= 0.6 is 0 Å². The average Bonchev–Trinajstić information content (AvgIpc) is 3.67. The van der Waals surface area contributed by atoms with Crippen LogP contribution in [0.5, 0.6) is 0 Å². The maximum atomic E-state index is 2.55. The SMILES string of the molecule is CC12Cc3ccccc3C(c3ccc(N(c4ccccc4)c4ccc5c(c4)C(C)(C)c4ccccc4-5)cc3)=C1N(c1ccc(-c3ccccc3)cc1)c1ccccc12. The van der Waals surface area contributed by atoms with Gasteiger partial charge in [0, 0.05) is 44.8 Å². The smallest absolute Gasteiger partial charge is 0.0500 e. The number of benzene rings is 8. The molecule has 1 atom stereocenters. The fourth-order valence-corrected chi connectivity index (χ4v) is 10.3. The molecule has 8 aromatic carbocycles. The Bertz CT molecular complexity index is 2890. The molecule has 2 heteroatoms. The number of nitrogens with zero attached hydrogens (tertiary/aromatic N) is 2. The Hall–Kier alpha value is -6.90. The van der Waals surface area contributed by atoms with Gasteiger partial charge in [-0.1, -0.05) is 159 Å². The van der Waals surface area contributed by atoms with Crippen molar-refractivity contribution in [3.8, 4) is 22.3 Å². The van der Waals surface area contributed by atoms with Gasteiger partial charge in [-0.3, -0.25) is 0 Å². The van der Waals surface area contributed by atoms with Crippen molar-refractivity contribution in [2.45, 2.75) is 38.0 Å². The molecule has 8 aromatic rings. The second-order valence-corrected chi connectivity index (χ2v) is 16.8. The minimum absolute atomic E-state index is 0.0877. The molecular formula is C56H44N2. The fourth-order valence-electron chi connectivity index (χ4n) is 10.3. The molecule has 0 aromatic heterocycles. The van der Waals surface area contributed by atoms with Crippen molar-refractivity contribution in [2.24, 2.45) is 0 Å². The van der Waals surface area contributed by atoms with Crippen molar-refractivity contribution in [2.75, 3.05) is 9.80 Å². The van der Waals surface area contributed by atoms with E-state index in [4.69, 9.17) is 0 Å². The summed E-state index contributed by atoms with van der Waals surface area (Å²) in [5, 5.41) is 0. The third-order valence-corrected chi connectivity index (χ3v) is 13.0. The van der Waals surface area contributed by atoms with Crippen LogP contribution in [-0.4, -0.2) is 0 Å². The number of hydrogen-bond acceptors (Lipinski definition) is 2. The van der Waals surface area contributed by atoms with Crippen LogP contribution in [0.1, 0.15) is 54.2 Å². The Kier molecular flexibility index (Phi) is 7.75. The summed E-state index contributed by atoms with van der Waals surface area (Å²) in [6, 6.07) is 73.9. The van der Waals surface area contributed by atoms with E-state index in [-0.39, 0.29) is 10.8 Å². The second-order valence-electron chi connectivity index (χ2n) is 16.8. The Labute approximate surface area is 342 Å². The highest BCUT2D eigenvalue weighted by molar-refractivity contribution is 5.96. The maximum absolute atomic E-state index is 2.55. The van der Waals surface area contributed by atoms with Crippen LogP contribution < -0.4 is 9.80 Å². The predicted octanol–water partition coefficient (Wildman–Crippen LogP) is 14.6. The highest BCUT2D eigenvalue weighted by atomic mass is 15.2. The van der Waals surface area contributed by atoms with E-state index in [2.05, 4.69) is 231 Å². The normalized spacial score (nSPS) is 16.9. The van der Waals surface area contributed by atoms with E-state index in [1.54, 1.807) is 0 Å². The van der Waals surface area contributed by atoms with Crippen molar-refractivity contribution in [3.63, 3.8) is 0 Å². The molecule has 0 amide bonds. The molecule has 0 bridgehead atoms. The number of fused-ring (bicyclic) bond motifs is 7. The Morgan fingerprint density at radius 2 is 0.983 bits per heavy atom. The molecule has 2 nitrogen and oxygen atoms in total. The number of rotatable bonds is 6. The van der Waals surface area contributed by atoms with Crippen LogP contribution in [0.3, 0.4) is 0 Å². The van der Waals surface area contributed by atoms with Crippen molar-refractivity contribution in [1.82, 2.24) is 0 Å². The molecule has 11 rings (SSSR count). The molecule has 1 aliphatic heterocycles. The summed E-state index contributed by atoms with van der Waals surface area (Å²) in [5.41, 5.74) is 21.3. The van der Waals surface area contributed by atoms with Crippen molar-refractivity contribution < 1.29 is 0 Å². The number of hydrogen-bond donors (Lipinski definition) is 0. The van der Waals surface area contributed by atoms with E-state index in [0.29, 0.717) is 0 Å². The first-order chi connectivity index (χ1) is 28.4. The van der Waals surface area contributed by atoms with E-state index in [9.17, 15) is 0 Å². The van der Waals surface area contributed by atoms with Gasteiger partial charge in [0.1, 0.15) is 0 Å². The molecule has 278 valence electrons. The predicted molar refractivity (Wildman–Crippen MR) is 243 cm³/mol. The van der Waals surface area contributed by atoms with Gasteiger partial charge in [-0.2, -0.15) is 0 Å². The first kappa shape index (κ1) is 34.4. The Morgan fingerprint density at radius 3 is 1.74 bits per heavy atom. The summed E-state index contributed by atoms with van der Waals surface area (Å²) in [7, 11) is 0. The zero-order chi connectivity index (χ0) is 39.0. The average molecular weight is 745 g/mol. The van der Waals surface area contributed by atoms with E-state index >= 15 is 0 Å². The van der Waals surface area contributed by atoms with E-state index < -0.39 is 0 Å². The molecule has 0 fully saturated rings. The molecule has 58 heavy (non-hydrogen) atoms. The lowest BCUT2D eigenvalue weighted by molar-refractivity contribution is 0.563. The molecule has 1 unspecified atom stereocenters. The topological polar surface area (TPSA) is 6.48 Å². The van der Waals surface area contributed by atoms with Gasteiger partial charge in [-0.05, 0) is 124 Å². The maximum Gasteiger partial charge on any atom is 0.0500 e. The highest BCUT2D eigenvalue weighted by Gasteiger charge is 2.49. The lowest BCUT2D eigenvalue weighted by Crippen LogP contribution is -2.33. The van der Waals surface area contributed by atoms with E-state index in [1.165, 1.54) is 78.3 Å². The number of para-hydroxylation sites is 2. The Balaban J connectivity index is 1.07. The third-order valence-electron chi connectivity index (χ3n) is 13.0. The van der Waals surface area contributed by atoms with Crippen molar-refractivity contribution in [3.05, 3.63) is 239 Å². The first-order valence-corrected chi connectivity index (χ1v) is 20.5. The van der Waals surface area contributed by atoms with Crippen LogP contribution in [0.15, 0.2) is 206 Å². The summed E-state index contributed by atoms with van der Waals surface area (Å²) in [4.78, 5) is 4.95. The zero-order valence-corrected chi connectivity index (χ0v) is 33.2. The molecular weight excluding hydrogens is 701 g/mol. The van der Waals surface area contributed by atoms with Gasteiger partial charge in [-0.15, -0.1) is 0 Å². The summed E-state index contributed by atoms with van der Waals surface area (Å²) < 4.78 is 0. The van der Waals surface area contributed by atoms with Gasteiger partial charge in [-0.25, -0.2) is 0 Å². The van der Waals surface area contributed by atoms with Crippen molar-refractivity contribution in [1.29, 1.82) is 0 Å². The van der Waals surface area contributed by atoms with E-state index in [1.807, 2.05) is 0 Å². The molecule has 0 N–H and O–H groups in total. The minimum atomic E-state index is -0.220. The van der Waals surface area contributed by atoms with Crippen molar-refractivity contribution >= 4 is 34.0 Å². The number of anilines is 5. The largest absolute Gasteiger partial charge is 0.312 e. The third kappa shape index (κ3) is 5.18. The molecule has 0 spiro atoms. The minimum Gasteiger partial charge on any atom is -0.312 e. The van der Waals surface area contributed by atoms with Gasteiger partial charge in [0.15, 0.2) is 0 Å². The molecule has 0 saturated carbocycles.